The molecule has 1 aromatic rings. The Morgan fingerprint density at radius 1 is 0.545 bits per heavy atom. The average Bonchev–Trinajstić information content (AvgIpc) is 3.67. The summed E-state index contributed by atoms with van der Waals surface area (Å²) >= 11 is 0. The summed E-state index contributed by atoms with van der Waals surface area (Å²) in [6, 6.07) is 10.5. The number of rotatable bonds is 3. The summed E-state index contributed by atoms with van der Waals surface area (Å²) in [5, 5.41) is 3.63. The molecule has 4 aliphatic carbocycles. The molecule has 2 atom stereocenters. The summed E-state index contributed by atoms with van der Waals surface area (Å²) in [4.78, 5) is 0. The Balaban J connectivity index is 0.000000267. The SMILES string of the molecule is [CH]1[CH][CH][CH][CH]1.[CH]1[CH][CH][CH][CH]1.[CH]1[CH][CH][C]([C@H]2NB(c3ccccc3)O[C@H]2[C]2[CH][CH][CH][CH]2)[CH]1.[Fe+2].[Fe+2]. The van der Waals surface area contributed by atoms with E-state index in [0.29, 0.717) is 0 Å². The predicted octanol–water partition coefficient (Wildman–Crippen LogP) is 3.59. The Morgan fingerprint density at radius 2 is 0.970 bits per heavy atom. The van der Waals surface area contributed by atoms with Gasteiger partial charge in [-0.05, 0) is 121 Å². The molecule has 1 aromatic carbocycles. The molecule has 33 heavy (non-hydrogen) atoms. The maximum atomic E-state index is 6.32. The molecule has 0 aromatic heterocycles. The number of hydrogen-bond acceptors (Lipinski definition) is 2. The van der Waals surface area contributed by atoms with Gasteiger partial charge in [-0.2, -0.15) is 0 Å². The molecule has 1 aliphatic heterocycles. The smallest absolute Gasteiger partial charge is 0.413 e. The van der Waals surface area contributed by atoms with Crippen LogP contribution in [0.15, 0.2) is 30.3 Å². The average molecular weight is 515 g/mol. The number of benzene rings is 1. The van der Waals surface area contributed by atoms with Crippen LogP contribution >= 0.6 is 0 Å². The molecule has 2 nitrogen and oxygen atoms in total. The van der Waals surface area contributed by atoms with Crippen LogP contribution in [0.2, 0.25) is 0 Å². The Hall–Kier alpha value is 0.244. The van der Waals surface area contributed by atoms with Crippen LogP contribution in [0.3, 0.4) is 0 Å². The molecule has 164 valence electrons. The molecule has 0 amide bonds. The summed E-state index contributed by atoms with van der Waals surface area (Å²) in [5.74, 6) is 2.51. The van der Waals surface area contributed by atoms with Crippen LogP contribution in [-0.4, -0.2) is 19.2 Å². The zero-order valence-electron chi connectivity index (χ0n) is 18.1. The largest absolute Gasteiger partial charge is 2.00 e. The van der Waals surface area contributed by atoms with Crippen molar-refractivity contribution in [2.45, 2.75) is 12.1 Å². The molecule has 5 aliphatic rings. The summed E-state index contributed by atoms with van der Waals surface area (Å²) in [6.07, 6.45) is 36.9. The maximum absolute atomic E-state index is 6.32. The van der Waals surface area contributed by atoms with Crippen molar-refractivity contribution in [2.24, 2.45) is 0 Å². The maximum Gasteiger partial charge on any atom is 2.00 e. The summed E-state index contributed by atoms with van der Waals surface area (Å²) in [7, 11) is -0.0639. The van der Waals surface area contributed by atoms with Crippen molar-refractivity contribution in [2.75, 3.05) is 0 Å². The molecule has 5 heteroatoms. The first kappa shape index (κ1) is 29.5. The quantitative estimate of drug-likeness (QED) is 0.623. The molecule has 1 saturated heterocycles. The van der Waals surface area contributed by atoms with Gasteiger partial charge in [-0.1, -0.05) is 30.3 Å². The third kappa shape index (κ3) is 9.32. The summed E-state index contributed by atoms with van der Waals surface area (Å²) in [6.45, 7) is 0. The van der Waals surface area contributed by atoms with Crippen LogP contribution in [0, 0.1) is 127 Å². The van der Waals surface area contributed by atoms with E-state index >= 15 is 0 Å². The van der Waals surface area contributed by atoms with Crippen molar-refractivity contribution < 1.29 is 38.8 Å². The minimum atomic E-state index is -0.0639. The van der Waals surface area contributed by atoms with Gasteiger partial charge in [0.15, 0.2) is 0 Å². The number of nitrogens with one attached hydrogen (secondary N) is 1. The van der Waals surface area contributed by atoms with Crippen LogP contribution in [-0.2, 0) is 38.8 Å². The van der Waals surface area contributed by atoms with Gasteiger partial charge in [0, 0.05) is 17.9 Å². The van der Waals surface area contributed by atoms with E-state index in [4.69, 9.17) is 4.65 Å². The van der Waals surface area contributed by atoms with Crippen molar-refractivity contribution in [1.29, 1.82) is 0 Å². The zero-order valence-corrected chi connectivity index (χ0v) is 20.3. The molecular formula is C28H26BFe2NO+4. The fourth-order valence-corrected chi connectivity index (χ4v) is 3.68. The van der Waals surface area contributed by atoms with Gasteiger partial charge in [0.1, 0.15) is 0 Å². The molecule has 0 spiro atoms. The predicted molar refractivity (Wildman–Crippen MR) is 128 cm³/mol. The van der Waals surface area contributed by atoms with Gasteiger partial charge in [0.2, 0.25) is 0 Å². The molecule has 1 heterocycles. The van der Waals surface area contributed by atoms with Gasteiger partial charge in [-0.15, -0.1) is 0 Å². The normalized spacial score (nSPS) is 27.2. The molecule has 20 radical (unpaired) electrons. The van der Waals surface area contributed by atoms with E-state index in [1.807, 2.05) is 82.4 Å². The third-order valence-electron chi connectivity index (χ3n) is 5.19. The second-order valence-electron chi connectivity index (χ2n) is 7.35. The Bertz CT molecular complexity index is 550. The summed E-state index contributed by atoms with van der Waals surface area (Å²) in [5.41, 5.74) is 1.17. The Kier molecular flexibility index (Phi) is 15.0. The van der Waals surface area contributed by atoms with Crippen molar-refractivity contribution in [3.05, 3.63) is 158 Å². The van der Waals surface area contributed by atoms with E-state index in [1.54, 1.807) is 0 Å². The first-order chi connectivity index (χ1) is 15.4. The van der Waals surface area contributed by atoms with E-state index in [2.05, 4.69) is 68.7 Å². The van der Waals surface area contributed by atoms with E-state index in [1.165, 1.54) is 17.3 Å². The van der Waals surface area contributed by atoms with Crippen LogP contribution in [0.4, 0.5) is 0 Å². The molecule has 5 fully saturated rings. The molecule has 4 saturated carbocycles. The molecule has 1 N–H and O–H groups in total. The van der Waals surface area contributed by atoms with Crippen molar-refractivity contribution in [1.82, 2.24) is 5.23 Å². The topological polar surface area (TPSA) is 21.3 Å². The zero-order chi connectivity index (χ0) is 21.1. The fourth-order valence-electron chi connectivity index (χ4n) is 3.68. The second kappa shape index (κ2) is 16.8. The van der Waals surface area contributed by atoms with Crippen LogP contribution in [0.25, 0.3) is 0 Å². The van der Waals surface area contributed by atoms with Gasteiger partial charge in [-0.25, -0.2) is 0 Å². The van der Waals surface area contributed by atoms with E-state index < -0.39 is 0 Å². The molecular weight excluding hydrogens is 489 g/mol. The van der Waals surface area contributed by atoms with Crippen LogP contribution in [0.5, 0.6) is 0 Å². The number of hydrogen-bond donors (Lipinski definition) is 1. The first-order valence-corrected chi connectivity index (χ1v) is 10.6. The molecule has 0 bridgehead atoms. The van der Waals surface area contributed by atoms with Gasteiger partial charge < -0.3 is 9.88 Å². The second-order valence-corrected chi connectivity index (χ2v) is 7.35. The minimum absolute atomic E-state index is 0. The van der Waals surface area contributed by atoms with Crippen LogP contribution in [0.1, 0.15) is 0 Å². The fraction of sp³-hybridized carbons (Fsp3) is 0.0714. The van der Waals surface area contributed by atoms with Crippen molar-refractivity contribution in [3.8, 4) is 0 Å². The van der Waals surface area contributed by atoms with E-state index in [0.717, 1.165) is 0 Å². The van der Waals surface area contributed by atoms with Crippen LogP contribution < -0.4 is 10.7 Å². The van der Waals surface area contributed by atoms with E-state index in [9.17, 15) is 0 Å². The Morgan fingerprint density at radius 3 is 1.42 bits per heavy atom. The minimum Gasteiger partial charge on any atom is -0.413 e. The van der Waals surface area contributed by atoms with Gasteiger partial charge in [-0.3, -0.25) is 0 Å². The molecule has 0 unspecified atom stereocenters. The Labute approximate surface area is 225 Å². The van der Waals surface area contributed by atoms with Crippen molar-refractivity contribution >= 4 is 12.5 Å². The van der Waals surface area contributed by atoms with E-state index in [-0.39, 0.29) is 53.3 Å². The summed E-state index contributed by atoms with van der Waals surface area (Å²) < 4.78 is 6.32. The standard InChI is InChI=1S/C18H16BNO.2C5H5.2Fe/c1-2-12-16(13-3-1)19-20-17(14-8-4-5-9-14)18(21-19)15-10-6-7-11-15;2*1-2-4-5-3-1;;/h1-13,17-18,20H;2*1-5H;;/q;;;2*+2/t17-,18+;;;;/m1..../s1. The van der Waals surface area contributed by atoms with Gasteiger partial charge >= 0.3 is 41.2 Å². The van der Waals surface area contributed by atoms with Crippen molar-refractivity contribution in [3.63, 3.8) is 0 Å². The van der Waals surface area contributed by atoms with Gasteiger partial charge in [0.25, 0.3) is 0 Å². The molecule has 6 rings (SSSR count). The first-order valence-electron chi connectivity index (χ1n) is 10.6. The van der Waals surface area contributed by atoms with Gasteiger partial charge in [0.05, 0.1) is 6.10 Å². The third-order valence-corrected chi connectivity index (χ3v) is 5.19. The monoisotopic (exact) mass is 515 g/mol.